The summed E-state index contributed by atoms with van der Waals surface area (Å²) in [5, 5.41) is 16.0. The zero-order chi connectivity index (χ0) is 26.5. The summed E-state index contributed by atoms with van der Waals surface area (Å²) in [7, 11) is -1.33. The van der Waals surface area contributed by atoms with Crippen LogP contribution in [0.1, 0.15) is 48.4 Å². The van der Waals surface area contributed by atoms with Crippen molar-refractivity contribution in [3.63, 3.8) is 0 Å². The summed E-state index contributed by atoms with van der Waals surface area (Å²) in [5.74, 6) is 1.10. The van der Waals surface area contributed by atoms with Crippen LogP contribution in [-0.2, 0) is 0 Å². The summed E-state index contributed by atoms with van der Waals surface area (Å²) >= 11 is 1.95. The molecular weight excluding hydrogens is 499 g/mol. The second kappa shape index (κ2) is 8.35. The largest absolute Gasteiger partial charge is 0.396 e. The van der Waals surface area contributed by atoms with Crippen LogP contribution in [0.4, 0.5) is 0 Å². The molecule has 192 valence electrons. The van der Waals surface area contributed by atoms with Gasteiger partial charge < -0.3 is 5.11 Å². The fourth-order valence-corrected chi connectivity index (χ4v) is 9.49. The number of aromatic nitrogens is 1. The van der Waals surface area contributed by atoms with Gasteiger partial charge in [0.15, 0.2) is 12.2 Å². The Morgan fingerprint density at radius 3 is 2.32 bits per heavy atom. The summed E-state index contributed by atoms with van der Waals surface area (Å²) in [6.45, 7) is 14.4. The van der Waals surface area contributed by atoms with Gasteiger partial charge in [-0.3, -0.25) is 0 Å². The molecule has 38 heavy (non-hydrogen) atoms. The molecule has 2 aromatic heterocycles. The fraction of sp³-hybridized carbons (Fsp3) is 0.324. The number of pyridine rings is 1. The first-order valence-electron chi connectivity index (χ1n) is 14.0. The molecule has 1 saturated carbocycles. The van der Waals surface area contributed by atoms with Crippen LogP contribution in [0.3, 0.4) is 0 Å². The van der Waals surface area contributed by atoms with Crippen molar-refractivity contribution in [1.82, 2.24) is 0 Å². The number of aryl methyl sites for hydroxylation is 1. The van der Waals surface area contributed by atoms with Crippen molar-refractivity contribution in [3.8, 4) is 21.7 Å². The molecule has 5 aromatic rings. The average molecular weight is 535 g/mol. The van der Waals surface area contributed by atoms with Crippen LogP contribution in [-0.4, -0.2) is 19.8 Å². The second-order valence-corrected chi connectivity index (χ2v) is 18.8. The number of hydrogen-bond donors (Lipinski definition) is 1. The third-order valence-electron chi connectivity index (χ3n) is 9.07. The van der Waals surface area contributed by atoms with Gasteiger partial charge in [0.05, 0.1) is 32.1 Å². The number of aliphatic hydroxyl groups is 1. The molecule has 3 aromatic carbocycles. The van der Waals surface area contributed by atoms with Gasteiger partial charge in [0.2, 0.25) is 5.69 Å². The van der Waals surface area contributed by atoms with Gasteiger partial charge in [-0.15, -0.1) is 11.3 Å². The number of rotatable bonds is 4. The third kappa shape index (κ3) is 3.36. The topological polar surface area (TPSA) is 24.1 Å². The van der Waals surface area contributed by atoms with E-state index in [-0.39, 0.29) is 12.5 Å². The van der Waals surface area contributed by atoms with Gasteiger partial charge in [-0.05, 0) is 51.9 Å². The zero-order valence-electron chi connectivity index (χ0n) is 23.2. The van der Waals surface area contributed by atoms with E-state index in [0.717, 1.165) is 0 Å². The summed E-state index contributed by atoms with van der Waals surface area (Å²) in [5.41, 5.74) is 8.28. The van der Waals surface area contributed by atoms with E-state index in [1.807, 2.05) is 11.3 Å². The van der Waals surface area contributed by atoms with E-state index < -0.39 is 8.07 Å². The molecule has 4 heteroatoms. The maximum absolute atomic E-state index is 10.4. The lowest BCUT2D eigenvalue weighted by Crippen LogP contribution is -2.38. The van der Waals surface area contributed by atoms with Gasteiger partial charge in [-0.25, -0.2) is 0 Å². The Hall–Kier alpha value is -2.79. The molecule has 3 unspecified atom stereocenters. The van der Waals surface area contributed by atoms with Crippen molar-refractivity contribution in [2.24, 2.45) is 5.92 Å². The Labute approximate surface area is 230 Å². The highest BCUT2D eigenvalue weighted by Crippen LogP contribution is 2.62. The van der Waals surface area contributed by atoms with E-state index in [0.29, 0.717) is 17.9 Å². The normalized spacial score (nSPS) is 20.1. The first-order valence-corrected chi connectivity index (χ1v) is 18.3. The first kappa shape index (κ1) is 24.3. The Morgan fingerprint density at radius 1 is 0.947 bits per heavy atom. The SMILES string of the molecule is Cc1c(-c2ccc([Si](C)(C)C)cc2)sc2c3[n+](ccc12)C1C(CO)C1c1c-3cc(C(C)C)c2ccccc12. The minimum absolute atomic E-state index is 0.234. The van der Waals surface area contributed by atoms with E-state index in [9.17, 15) is 5.11 Å². The zero-order valence-corrected chi connectivity index (χ0v) is 25.0. The molecule has 1 N–H and O–H groups in total. The Bertz CT molecular complexity index is 1740. The van der Waals surface area contributed by atoms with Crippen LogP contribution < -0.4 is 9.75 Å². The molecule has 7 rings (SSSR count). The highest BCUT2D eigenvalue weighted by Gasteiger charge is 2.63. The van der Waals surface area contributed by atoms with Crippen LogP contribution in [0, 0.1) is 12.8 Å². The van der Waals surface area contributed by atoms with Crippen molar-refractivity contribution in [2.75, 3.05) is 6.61 Å². The van der Waals surface area contributed by atoms with Gasteiger partial charge in [0.25, 0.3) is 0 Å². The molecule has 3 heterocycles. The van der Waals surface area contributed by atoms with Gasteiger partial charge in [0, 0.05) is 16.3 Å². The van der Waals surface area contributed by atoms with E-state index in [4.69, 9.17) is 0 Å². The lowest BCUT2D eigenvalue weighted by Gasteiger charge is -2.21. The van der Waals surface area contributed by atoms with E-state index in [1.165, 1.54) is 64.4 Å². The summed E-state index contributed by atoms with van der Waals surface area (Å²) in [4.78, 5) is 1.37. The molecule has 0 radical (unpaired) electrons. The molecule has 1 aliphatic carbocycles. The summed E-state index contributed by atoms with van der Waals surface area (Å²) in [6, 6.07) is 23.5. The first-order chi connectivity index (χ1) is 18.2. The quantitative estimate of drug-likeness (QED) is 0.184. The monoisotopic (exact) mass is 534 g/mol. The third-order valence-corrected chi connectivity index (χ3v) is 12.5. The molecule has 0 amide bonds. The molecule has 0 spiro atoms. The molecule has 1 aliphatic heterocycles. The molecule has 3 atom stereocenters. The number of aliphatic hydroxyl groups excluding tert-OH is 1. The van der Waals surface area contributed by atoms with E-state index in [2.05, 4.69) is 112 Å². The minimum atomic E-state index is -1.33. The summed E-state index contributed by atoms with van der Waals surface area (Å²) in [6.07, 6.45) is 2.30. The van der Waals surface area contributed by atoms with Gasteiger partial charge >= 0.3 is 0 Å². The number of benzene rings is 3. The second-order valence-electron chi connectivity index (χ2n) is 12.7. The minimum Gasteiger partial charge on any atom is -0.396 e. The molecule has 2 nitrogen and oxygen atoms in total. The molecule has 0 bridgehead atoms. The number of hydrogen-bond acceptors (Lipinski definition) is 2. The number of thiophene rings is 1. The standard InChI is InChI=1S/C34H36NOSSi/c1-19(2)26-17-27-29(25-10-8-7-9-24(25)26)30-28(18-36)31(30)35-16-15-23-20(3)33(37-34(23)32(27)35)21-11-13-22(14-12-21)38(4,5)6/h7-17,19,28,30-31,36H,18H2,1-6H3/q+1. The van der Waals surface area contributed by atoms with Crippen molar-refractivity contribution in [1.29, 1.82) is 0 Å². The maximum Gasteiger partial charge on any atom is 0.231 e. The maximum atomic E-state index is 10.4. The van der Waals surface area contributed by atoms with Gasteiger partial charge in [0.1, 0.15) is 4.70 Å². The predicted molar refractivity (Wildman–Crippen MR) is 165 cm³/mol. The fourth-order valence-electron chi connectivity index (χ4n) is 6.96. The van der Waals surface area contributed by atoms with E-state index >= 15 is 0 Å². The van der Waals surface area contributed by atoms with Crippen LogP contribution >= 0.6 is 11.3 Å². The van der Waals surface area contributed by atoms with Gasteiger partial charge in [-0.1, -0.05) is 87.2 Å². The van der Waals surface area contributed by atoms with Crippen LogP contribution in [0.2, 0.25) is 19.6 Å². The van der Waals surface area contributed by atoms with Crippen molar-refractivity contribution >= 4 is 45.5 Å². The molecular formula is C34H36NOSSi+. The van der Waals surface area contributed by atoms with Gasteiger partial charge in [-0.2, -0.15) is 4.57 Å². The number of fused-ring (bicyclic) bond motifs is 10. The summed E-state index contributed by atoms with van der Waals surface area (Å²) < 4.78 is 3.88. The Kier molecular flexibility index (Phi) is 5.33. The predicted octanol–water partition coefficient (Wildman–Crippen LogP) is 7.91. The Balaban J connectivity index is 1.51. The molecule has 2 aliphatic rings. The van der Waals surface area contributed by atoms with Crippen molar-refractivity contribution < 1.29 is 9.67 Å². The highest BCUT2D eigenvalue weighted by atomic mass is 32.1. The van der Waals surface area contributed by atoms with Crippen molar-refractivity contribution in [2.45, 2.75) is 58.3 Å². The van der Waals surface area contributed by atoms with Crippen molar-refractivity contribution in [3.05, 3.63) is 83.6 Å². The van der Waals surface area contributed by atoms with E-state index in [1.54, 1.807) is 0 Å². The molecule has 0 saturated heterocycles. The Morgan fingerprint density at radius 2 is 1.66 bits per heavy atom. The lowest BCUT2D eigenvalue weighted by atomic mass is 9.85. The molecule has 1 fully saturated rings. The smallest absolute Gasteiger partial charge is 0.231 e. The van der Waals surface area contributed by atoms with Crippen LogP contribution in [0.25, 0.3) is 42.6 Å². The lowest BCUT2D eigenvalue weighted by molar-refractivity contribution is -0.693. The van der Waals surface area contributed by atoms with Crippen LogP contribution in [0.15, 0.2) is 66.9 Å². The highest BCUT2D eigenvalue weighted by molar-refractivity contribution is 7.23. The number of nitrogens with zero attached hydrogens (tertiary/aromatic N) is 1. The average Bonchev–Trinajstić information content (AvgIpc) is 3.55. The van der Waals surface area contributed by atoms with Crippen LogP contribution in [0.5, 0.6) is 0 Å².